The van der Waals surface area contributed by atoms with Crippen LogP contribution in [0.15, 0.2) is 36.4 Å². The average molecular weight is 255 g/mol. The van der Waals surface area contributed by atoms with E-state index >= 15 is 0 Å². The van der Waals surface area contributed by atoms with Gasteiger partial charge in [0.1, 0.15) is 5.82 Å². The minimum Gasteiger partial charge on any atom is -0.397 e. The first-order valence-electron chi connectivity index (χ1n) is 5.88. The number of nitrogens with one attached hydrogen (secondary N) is 1. The number of nitrogen functional groups attached to an aromatic ring is 1. The third-order valence-electron chi connectivity index (χ3n) is 2.90. The van der Waals surface area contributed by atoms with E-state index < -0.39 is 0 Å². The molecule has 2 aromatic rings. The molecule has 0 saturated heterocycles. The number of hydrogen-bond acceptors (Lipinski definition) is 3. The van der Waals surface area contributed by atoms with E-state index in [1.54, 1.807) is 25.1 Å². The lowest BCUT2D eigenvalue weighted by atomic mass is 10.1. The van der Waals surface area contributed by atoms with E-state index in [9.17, 15) is 4.39 Å². The molecule has 0 saturated carbocycles. The number of nitrogens with two attached hydrogens (primary N) is 1. The van der Waals surface area contributed by atoms with Crippen LogP contribution in [-0.4, -0.2) is 0 Å². The monoisotopic (exact) mass is 255 g/mol. The fraction of sp³-hybridized carbons (Fsp3) is 0.133. The Bertz CT molecular complexity index is 627. The van der Waals surface area contributed by atoms with Gasteiger partial charge >= 0.3 is 0 Å². The Morgan fingerprint density at radius 1 is 1.26 bits per heavy atom. The van der Waals surface area contributed by atoms with Crippen LogP contribution < -0.4 is 11.1 Å². The topological polar surface area (TPSA) is 61.8 Å². The van der Waals surface area contributed by atoms with Crippen LogP contribution in [0.3, 0.4) is 0 Å². The van der Waals surface area contributed by atoms with Gasteiger partial charge in [-0.2, -0.15) is 5.26 Å². The van der Waals surface area contributed by atoms with E-state index in [1.165, 1.54) is 6.07 Å². The van der Waals surface area contributed by atoms with E-state index in [2.05, 4.69) is 11.4 Å². The second-order valence-electron chi connectivity index (χ2n) is 4.35. The first-order chi connectivity index (χ1) is 9.10. The van der Waals surface area contributed by atoms with Crippen molar-refractivity contribution in [2.24, 2.45) is 0 Å². The van der Waals surface area contributed by atoms with Gasteiger partial charge in [0, 0.05) is 6.54 Å². The van der Waals surface area contributed by atoms with E-state index in [1.807, 2.05) is 12.1 Å². The van der Waals surface area contributed by atoms with Crippen LogP contribution in [0.5, 0.6) is 0 Å². The fourth-order valence-corrected chi connectivity index (χ4v) is 1.74. The van der Waals surface area contributed by atoms with Crippen LogP contribution in [0, 0.1) is 24.1 Å². The zero-order valence-corrected chi connectivity index (χ0v) is 10.6. The summed E-state index contributed by atoms with van der Waals surface area (Å²) >= 11 is 0. The summed E-state index contributed by atoms with van der Waals surface area (Å²) in [6.07, 6.45) is 0. The number of nitrogens with zero attached hydrogens (tertiary/aromatic N) is 1. The van der Waals surface area contributed by atoms with Gasteiger partial charge in [-0.1, -0.05) is 12.1 Å². The second kappa shape index (κ2) is 5.40. The number of rotatable bonds is 3. The van der Waals surface area contributed by atoms with Crippen LogP contribution in [0.25, 0.3) is 0 Å². The summed E-state index contributed by atoms with van der Waals surface area (Å²) in [5, 5.41) is 11.9. The molecule has 0 fully saturated rings. The van der Waals surface area contributed by atoms with Crippen molar-refractivity contribution in [2.45, 2.75) is 13.5 Å². The van der Waals surface area contributed by atoms with E-state index in [-0.39, 0.29) is 5.82 Å². The summed E-state index contributed by atoms with van der Waals surface area (Å²) in [5.41, 5.74) is 9.06. The van der Waals surface area contributed by atoms with Crippen LogP contribution in [0.2, 0.25) is 0 Å². The van der Waals surface area contributed by atoms with Gasteiger partial charge in [-0.3, -0.25) is 0 Å². The predicted octanol–water partition coefficient (Wildman–Crippen LogP) is 3.20. The van der Waals surface area contributed by atoms with Crippen molar-refractivity contribution < 1.29 is 4.39 Å². The molecule has 3 nitrogen and oxygen atoms in total. The highest BCUT2D eigenvalue weighted by molar-refractivity contribution is 5.67. The second-order valence-corrected chi connectivity index (χ2v) is 4.35. The Hall–Kier alpha value is -2.54. The highest BCUT2D eigenvalue weighted by Crippen LogP contribution is 2.23. The third-order valence-corrected chi connectivity index (χ3v) is 2.90. The molecule has 0 amide bonds. The molecule has 0 aliphatic heterocycles. The van der Waals surface area contributed by atoms with Crippen LogP contribution >= 0.6 is 0 Å². The normalized spacial score (nSPS) is 9.95. The van der Waals surface area contributed by atoms with E-state index in [0.29, 0.717) is 29.0 Å². The molecule has 3 N–H and O–H groups in total. The van der Waals surface area contributed by atoms with Crippen molar-refractivity contribution in [2.75, 3.05) is 11.1 Å². The van der Waals surface area contributed by atoms with Gasteiger partial charge in [0.15, 0.2) is 0 Å². The summed E-state index contributed by atoms with van der Waals surface area (Å²) in [4.78, 5) is 0. The maximum absolute atomic E-state index is 13.3. The van der Waals surface area contributed by atoms with Gasteiger partial charge in [-0.15, -0.1) is 0 Å². The molecular formula is C15H14FN3. The predicted molar refractivity (Wildman–Crippen MR) is 74.0 cm³/mol. The maximum atomic E-state index is 13.3. The Morgan fingerprint density at radius 3 is 2.58 bits per heavy atom. The van der Waals surface area contributed by atoms with Crippen molar-refractivity contribution in [1.82, 2.24) is 0 Å². The summed E-state index contributed by atoms with van der Waals surface area (Å²) in [5.74, 6) is -0.304. The highest BCUT2D eigenvalue weighted by Gasteiger charge is 2.04. The molecule has 0 atom stereocenters. The zero-order chi connectivity index (χ0) is 13.8. The minimum absolute atomic E-state index is 0.304. The molecule has 4 heteroatoms. The quantitative estimate of drug-likeness (QED) is 0.828. The number of nitriles is 1. The molecule has 0 aromatic heterocycles. The summed E-state index contributed by atoms with van der Waals surface area (Å²) in [6.45, 7) is 2.27. The largest absolute Gasteiger partial charge is 0.397 e. The molecule has 0 unspecified atom stereocenters. The van der Waals surface area contributed by atoms with Gasteiger partial charge in [0.25, 0.3) is 0 Å². The molecular weight excluding hydrogens is 241 g/mol. The number of aryl methyl sites for hydroxylation is 1. The fourth-order valence-electron chi connectivity index (χ4n) is 1.74. The van der Waals surface area contributed by atoms with Gasteiger partial charge < -0.3 is 11.1 Å². The van der Waals surface area contributed by atoms with Crippen molar-refractivity contribution in [3.8, 4) is 6.07 Å². The van der Waals surface area contributed by atoms with Gasteiger partial charge in [-0.25, -0.2) is 4.39 Å². The number of anilines is 2. The molecule has 0 heterocycles. The number of benzene rings is 2. The lowest BCUT2D eigenvalue weighted by molar-refractivity contribution is 0.619. The van der Waals surface area contributed by atoms with Crippen LogP contribution in [0.1, 0.15) is 16.7 Å². The smallest absolute Gasteiger partial charge is 0.128 e. The molecule has 19 heavy (non-hydrogen) atoms. The first-order valence-corrected chi connectivity index (χ1v) is 5.88. The SMILES string of the molecule is Cc1cc(NCc2ccc(C#N)cc2)c(N)cc1F. The van der Waals surface area contributed by atoms with Crippen molar-refractivity contribution in [1.29, 1.82) is 5.26 Å². The zero-order valence-electron chi connectivity index (χ0n) is 10.6. The summed E-state index contributed by atoms with van der Waals surface area (Å²) in [7, 11) is 0. The van der Waals surface area contributed by atoms with E-state index in [0.717, 1.165) is 5.56 Å². The van der Waals surface area contributed by atoms with Gasteiger partial charge in [-0.05, 0) is 42.3 Å². The maximum Gasteiger partial charge on any atom is 0.128 e. The summed E-state index contributed by atoms with van der Waals surface area (Å²) in [6, 6.07) is 12.3. The Morgan fingerprint density at radius 2 is 1.95 bits per heavy atom. The standard InChI is InChI=1S/C15H14FN3/c1-10-6-15(14(18)7-13(10)16)19-9-12-4-2-11(8-17)3-5-12/h2-7,19H,9,18H2,1H3. The van der Waals surface area contributed by atoms with Crippen molar-refractivity contribution >= 4 is 11.4 Å². The van der Waals surface area contributed by atoms with Crippen LogP contribution in [0.4, 0.5) is 15.8 Å². The molecule has 2 rings (SSSR count). The Labute approximate surface area is 111 Å². The Balaban J connectivity index is 2.10. The van der Waals surface area contributed by atoms with Crippen molar-refractivity contribution in [3.63, 3.8) is 0 Å². The molecule has 0 aliphatic carbocycles. The van der Waals surface area contributed by atoms with Crippen LogP contribution in [-0.2, 0) is 6.54 Å². The molecule has 0 radical (unpaired) electrons. The lowest BCUT2D eigenvalue weighted by Gasteiger charge is -2.11. The minimum atomic E-state index is -0.304. The summed E-state index contributed by atoms with van der Waals surface area (Å²) < 4.78 is 13.3. The molecule has 0 spiro atoms. The average Bonchev–Trinajstić information content (AvgIpc) is 2.42. The van der Waals surface area contributed by atoms with E-state index in [4.69, 9.17) is 11.0 Å². The van der Waals surface area contributed by atoms with Crippen molar-refractivity contribution in [3.05, 3.63) is 58.9 Å². The van der Waals surface area contributed by atoms with Gasteiger partial charge in [0.2, 0.25) is 0 Å². The number of hydrogen-bond donors (Lipinski definition) is 2. The lowest BCUT2D eigenvalue weighted by Crippen LogP contribution is -2.03. The molecule has 96 valence electrons. The Kier molecular flexibility index (Phi) is 3.67. The molecule has 0 aliphatic rings. The number of halogens is 1. The highest BCUT2D eigenvalue weighted by atomic mass is 19.1. The first kappa shape index (κ1) is 12.9. The molecule has 2 aromatic carbocycles. The molecule has 0 bridgehead atoms. The third kappa shape index (κ3) is 3.02. The van der Waals surface area contributed by atoms with Gasteiger partial charge in [0.05, 0.1) is 23.0 Å².